The minimum atomic E-state index is -0.572. The van der Waals surface area contributed by atoms with Crippen molar-refractivity contribution in [2.45, 2.75) is 46.3 Å². The van der Waals surface area contributed by atoms with Crippen LogP contribution in [0.25, 0.3) is 10.9 Å². The van der Waals surface area contributed by atoms with E-state index in [0.29, 0.717) is 5.75 Å². The second-order valence-corrected chi connectivity index (χ2v) is 6.83. The first-order valence-corrected chi connectivity index (χ1v) is 7.96. The van der Waals surface area contributed by atoms with Crippen molar-refractivity contribution in [2.24, 2.45) is 0 Å². The van der Waals surface area contributed by atoms with Crippen LogP contribution in [0, 0.1) is 6.92 Å². The molecule has 0 bridgehead atoms. The number of ether oxygens (including phenoxy) is 2. The maximum Gasteiger partial charge on any atom is 0.310 e. The number of aromatic nitrogens is 1. The van der Waals surface area contributed by atoms with E-state index in [0.717, 1.165) is 22.2 Å². The van der Waals surface area contributed by atoms with Gasteiger partial charge in [0.15, 0.2) is 0 Å². The van der Waals surface area contributed by atoms with E-state index in [1.54, 1.807) is 23.2 Å². The minimum Gasteiger partial charge on any atom is -0.497 e. The Hall–Kier alpha value is -2.54. The number of methoxy groups -OCH3 is 1. The summed E-state index contributed by atoms with van der Waals surface area (Å²) in [4.78, 5) is 23.9. The van der Waals surface area contributed by atoms with Gasteiger partial charge in [-0.3, -0.25) is 14.8 Å². The molecule has 2 rings (SSSR count). The van der Waals surface area contributed by atoms with Gasteiger partial charge in [0.25, 0.3) is 5.91 Å². The molecule has 1 amide bonds. The Morgan fingerprint density at radius 2 is 1.96 bits per heavy atom. The number of rotatable bonds is 5. The first-order chi connectivity index (χ1) is 11.7. The highest BCUT2D eigenvalue weighted by Crippen LogP contribution is 2.30. The van der Waals surface area contributed by atoms with E-state index in [9.17, 15) is 9.59 Å². The number of carbonyl (C=O) groups is 2. The summed E-state index contributed by atoms with van der Waals surface area (Å²) in [6.07, 6.45) is 0.0838. The van der Waals surface area contributed by atoms with Crippen LogP contribution in [-0.2, 0) is 27.3 Å². The van der Waals surface area contributed by atoms with Crippen LogP contribution in [0.4, 0.5) is 0 Å². The summed E-state index contributed by atoms with van der Waals surface area (Å²) >= 11 is 0. The molecule has 0 atom stereocenters. The van der Waals surface area contributed by atoms with Crippen molar-refractivity contribution < 1.29 is 24.3 Å². The first kappa shape index (κ1) is 18.8. The number of carbonyl (C=O) groups excluding carboxylic acids is 2. The zero-order valence-electron chi connectivity index (χ0n) is 15.2. The zero-order valence-corrected chi connectivity index (χ0v) is 15.2. The Morgan fingerprint density at radius 1 is 1.28 bits per heavy atom. The van der Waals surface area contributed by atoms with E-state index in [-0.39, 0.29) is 18.9 Å². The van der Waals surface area contributed by atoms with Gasteiger partial charge in [0.1, 0.15) is 17.9 Å². The molecule has 25 heavy (non-hydrogen) atoms. The van der Waals surface area contributed by atoms with Gasteiger partial charge in [0.2, 0.25) is 0 Å². The van der Waals surface area contributed by atoms with Crippen molar-refractivity contribution in [3.05, 3.63) is 29.5 Å². The average molecular weight is 348 g/mol. The maximum absolute atomic E-state index is 12.3. The highest BCUT2D eigenvalue weighted by atomic mass is 16.6. The Kier molecular flexibility index (Phi) is 5.37. The number of amides is 1. The third-order valence-electron chi connectivity index (χ3n) is 3.83. The largest absolute Gasteiger partial charge is 0.497 e. The summed E-state index contributed by atoms with van der Waals surface area (Å²) in [5.74, 6) is -0.231. The maximum atomic E-state index is 12.3. The molecule has 0 spiro atoms. The summed E-state index contributed by atoms with van der Waals surface area (Å²) in [5, 5.41) is 9.63. The molecule has 0 radical (unpaired) electrons. The third-order valence-corrected chi connectivity index (χ3v) is 3.83. The van der Waals surface area contributed by atoms with Crippen molar-refractivity contribution in [1.82, 2.24) is 10.0 Å². The molecule has 0 unspecified atom stereocenters. The fourth-order valence-corrected chi connectivity index (χ4v) is 2.79. The van der Waals surface area contributed by atoms with Gasteiger partial charge in [-0.2, -0.15) is 0 Å². The number of benzene rings is 1. The molecule has 0 saturated heterocycles. The summed E-state index contributed by atoms with van der Waals surface area (Å²) in [7, 11) is 1.57. The number of nitrogens with one attached hydrogen (secondary N) is 1. The van der Waals surface area contributed by atoms with Crippen LogP contribution >= 0.6 is 0 Å². The molecule has 1 aromatic carbocycles. The molecule has 0 fully saturated rings. The van der Waals surface area contributed by atoms with Gasteiger partial charge in [0, 0.05) is 16.6 Å². The van der Waals surface area contributed by atoms with E-state index in [1.807, 2.05) is 39.8 Å². The van der Waals surface area contributed by atoms with Crippen LogP contribution in [0.15, 0.2) is 18.2 Å². The van der Waals surface area contributed by atoms with E-state index in [4.69, 9.17) is 14.7 Å². The molecular formula is C18H24N2O5. The number of hydrogen-bond acceptors (Lipinski definition) is 5. The lowest BCUT2D eigenvalue weighted by molar-refractivity contribution is -0.153. The number of hydrogen-bond donors (Lipinski definition) is 2. The Morgan fingerprint density at radius 3 is 2.52 bits per heavy atom. The molecule has 7 heteroatoms. The zero-order chi connectivity index (χ0) is 18.8. The van der Waals surface area contributed by atoms with Gasteiger partial charge < -0.3 is 14.0 Å². The molecular weight excluding hydrogens is 324 g/mol. The summed E-state index contributed by atoms with van der Waals surface area (Å²) in [6.45, 7) is 7.22. The van der Waals surface area contributed by atoms with Gasteiger partial charge in [-0.25, -0.2) is 5.48 Å². The third kappa shape index (κ3) is 4.30. The standard InChI is InChI=1S/C18H24N2O5/c1-11-13(9-17(22)25-18(2,3)4)14-8-12(24-5)6-7-15(14)20(11)10-16(21)19-23/h6-8,23H,9-10H2,1-5H3,(H,19,21). The fraction of sp³-hybridized carbons (Fsp3) is 0.444. The second-order valence-electron chi connectivity index (χ2n) is 6.83. The lowest BCUT2D eigenvalue weighted by atomic mass is 10.1. The minimum absolute atomic E-state index is 0.0561. The van der Waals surface area contributed by atoms with E-state index in [1.165, 1.54) is 0 Å². The molecule has 0 saturated carbocycles. The molecule has 1 aromatic heterocycles. The van der Waals surface area contributed by atoms with Crippen molar-refractivity contribution in [3.8, 4) is 5.75 Å². The van der Waals surface area contributed by atoms with Gasteiger partial charge >= 0.3 is 5.97 Å². The van der Waals surface area contributed by atoms with Crippen molar-refractivity contribution in [1.29, 1.82) is 0 Å². The molecule has 0 aliphatic carbocycles. The smallest absolute Gasteiger partial charge is 0.310 e. The van der Waals surface area contributed by atoms with Crippen LogP contribution < -0.4 is 10.2 Å². The SMILES string of the molecule is COc1ccc2c(c1)c(CC(=O)OC(C)(C)C)c(C)n2CC(=O)NO. The average Bonchev–Trinajstić information content (AvgIpc) is 2.78. The fourth-order valence-electron chi connectivity index (χ4n) is 2.79. The molecule has 136 valence electrons. The number of esters is 1. The molecule has 0 aliphatic heterocycles. The second kappa shape index (κ2) is 7.14. The lowest BCUT2D eigenvalue weighted by Crippen LogP contribution is -2.25. The van der Waals surface area contributed by atoms with E-state index >= 15 is 0 Å². The monoisotopic (exact) mass is 348 g/mol. The topological polar surface area (TPSA) is 89.8 Å². The predicted octanol–water partition coefficient (Wildman–Crippen LogP) is 2.35. The van der Waals surface area contributed by atoms with E-state index in [2.05, 4.69) is 0 Å². The quantitative estimate of drug-likeness (QED) is 0.492. The highest BCUT2D eigenvalue weighted by Gasteiger charge is 2.22. The van der Waals surface area contributed by atoms with Crippen LogP contribution in [-0.4, -0.2) is 34.4 Å². The first-order valence-electron chi connectivity index (χ1n) is 7.96. The van der Waals surface area contributed by atoms with Gasteiger partial charge in [-0.15, -0.1) is 0 Å². The normalized spacial score (nSPS) is 11.4. The van der Waals surface area contributed by atoms with Gasteiger partial charge in [-0.1, -0.05) is 0 Å². The predicted molar refractivity (Wildman–Crippen MR) is 92.7 cm³/mol. The van der Waals surface area contributed by atoms with Crippen molar-refractivity contribution >= 4 is 22.8 Å². The van der Waals surface area contributed by atoms with E-state index < -0.39 is 11.5 Å². The number of fused-ring (bicyclic) bond motifs is 1. The molecule has 2 aromatic rings. The Balaban J connectivity index is 2.51. The Labute approximate surface area is 146 Å². The summed E-state index contributed by atoms with van der Waals surface area (Å²) in [5.41, 5.74) is 3.37. The molecule has 2 N–H and O–H groups in total. The summed E-state index contributed by atoms with van der Waals surface area (Å²) in [6, 6.07) is 5.44. The van der Waals surface area contributed by atoms with Crippen molar-refractivity contribution in [2.75, 3.05) is 7.11 Å². The van der Waals surface area contributed by atoms with Crippen LogP contribution in [0.3, 0.4) is 0 Å². The van der Waals surface area contributed by atoms with Gasteiger partial charge in [0.05, 0.1) is 13.5 Å². The van der Waals surface area contributed by atoms with Crippen LogP contribution in [0.5, 0.6) is 5.75 Å². The Bertz CT molecular complexity index is 802. The lowest BCUT2D eigenvalue weighted by Gasteiger charge is -2.19. The summed E-state index contributed by atoms with van der Waals surface area (Å²) < 4.78 is 12.4. The number of hydroxylamine groups is 1. The molecule has 0 aliphatic rings. The van der Waals surface area contributed by atoms with Gasteiger partial charge in [-0.05, 0) is 51.5 Å². The highest BCUT2D eigenvalue weighted by molar-refractivity contribution is 5.91. The number of nitrogens with zero attached hydrogens (tertiary/aromatic N) is 1. The molecule has 1 heterocycles. The van der Waals surface area contributed by atoms with Crippen LogP contribution in [0.2, 0.25) is 0 Å². The molecule has 7 nitrogen and oxygen atoms in total. The van der Waals surface area contributed by atoms with Crippen molar-refractivity contribution in [3.63, 3.8) is 0 Å². The van der Waals surface area contributed by atoms with Crippen LogP contribution in [0.1, 0.15) is 32.0 Å².